The van der Waals surface area contributed by atoms with Crippen LogP contribution in [0.15, 0.2) is 48.6 Å². The first-order valence-corrected chi connectivity index (χ1v) is 23.3. The summed E-state index contributed by atoms with van der Waals surface area (Å²) in [5.74, 6) is -0.160. The highest BCUT2D eigenvalue weighted by atomic mass is 16.7. The largest absolute Gasteiger partial charge is 0.394 e. The molecule has 1 saturated heterocycles. The normalized spacial score (nSPS) is 21.4. The minimum absolute atomic E-state index is 0.145. The van der Waals surface area contributed by atoms with Gasteiger partial charge in [0.05, 0.1) is 25.4 Å². The first kappa shape index (κ1) is 53.2. The number of hydrogen-bond acceptors (Lipinski definition) is 8. The molecule has 0 aromatic rings. The van der Waals surface area contributed by atoms with Gasteiger partial charge in [0.2, 0.25) is 5.91 Å². The molecular formula is C48H87NO8. The standard InChI is InChI=1S/C48H87NO8/c1-3-5-7-9-11-13-15-17-19-20-21-22-24-26-28-30-32-34-36-38-44(52)49-41(40-56-48-47(55)46(54)45(53)43(39-50)57-48)42(51)37-35-33-31-29-27-25-23-18-16-14-12-10-8-6-4-2/h5,7,11,13,17,19,21-22,41-43,45-48,50-51,53-55H,3-4,6,8-10,12,14-16,18,20,23-40H2,1-2H3,(H,49,52)/b7-5-,13-11-,19-17-,22-21-. The predicted molar refractivity (Wildman–Crippen MR) is 235 cm³/mol. The average Bonchev–Trinajstić information content (AvgIpc) is 3.21. The summed E-state index contributed by atoms with van der Waals surface area (Å²) < 4.78 is 11.3. The summed E-state index contributed by atoms with van der Waals surface area (Å²) in [6.07, 6.45) is 41.1. The molecule has 0 radical (unpaired) electrons. The lowest BCUT2D eigenvalue weighted by molar-refractivity contribution is -0.302. The van der Waals surface area contributed by atoms with Gasteiger partial charge >= 0.3 is 0 Å². The summed E-state index contributed by atoms with van der Waals surface area (Å²) in [6, 6.07) is -0.727. The Balaban J connectivity index is 2.34. The van der Waals surface area contributed by atoms with Gasteiger partial charge in [-0.05, 0) is 51.4 Å². The molecule has 1 amide bonds. The van der Waals surface area contributed by atoms with Gasteiger partial charge in [-0.15, -0.1) is 0 Å². The van der Waals surface area contributed by atoms with E-state index in [1.165, 1.54) is 89.9 Å². The number of amides is 1. The highest BCUT2D eigenvalue weighted by molar-refractivity contribution is 5.76. The van der Waals surface area contributed by atoms with E-state index in [2.05, 4.69) is 67.8 Å². The summed E-state index contributed by atoms with van der Waals surface area (Å²) in [5, 5.41) is 54.4. The molecule has 57 heavy (non-hydrogen) atoms. The maximum atomic E-state index is 13.0. The van der Waals surface area contributed by atoms with Crippen LogP contribution in [0, 0.1) is 0 Å². The van der Waals surface area contributed by atoms with Gasteiger partial charge in [-0.25, -0.2) is 0 Å². The molecule has 1 aliphatic rings. The Kier molecular flexibility index (Phi) is 35.8. The highest BCUT2D eigenvalue weighted by Crippen LogP contribution is 2.23. The molecular weight excluding hydrogens is 719 g/mol. The van der Waals surface area contributed by atoms with Crippen LogP contribution in [0.5, 0.6) is 0 Å². The molecule has 7 unspecified atom stereocenters. The number of nitrogens with one attached hydrogen (secondary N) is 1. The van der Waals surface area contributed by atoms with Crippen LogP contribution in [0.25, 0.3) is 0 Å². The molecule has 6 N–H and O–H groups in total. The summed E-state index contributed by atoms with van der Waals surface area (Å²) >= 11 is 0. The van der Waals surface area contributed by atoms with Crippen molar-refractivity contribution in [2.45, 2.75) is 236 Å². The third-order valence-electron chi connectivity index (χ3n) is 10.9. The topological polar surface area (TPSA) is 149 Å². The highest BCUT2D eigenvalue weighted by Gasteiger charge is 2.44. The number of unbranched alkanes of at least 4 members (excludes halogenated alkanes) is 20. The van der Waals surface area contributed by atoms with Gasteiger partial charge in [0.25, 0.3) is 0 Å². The van der Waals surface area contributed by atoms with Gasteiger partial charge in [-0.2, -0.15) is 0 Å². The second-order valence-electron chi connectivity index (χ2n) is 16.2. The van der Waals surface area contributed by atoms with Crippen LogP contribution >= 0.6 is 0 Å². The van der Waals surface area contributed by atoms with E-state index in [0.717, 1.165) is 77.0 Å². The summed E-state index contributed by atoms with van der Waals surface area (Å²) in [5.41, 5.74) is 0. The lowest BCUT2D eigenvalue weighted by Crippen LogP contribution is -2.60. The third-order valence-corrected chi connectivity index (χ3v) is 10.9. The summed E-state index contributed by atoms with van der Waals surface area (Å²) in [6.45, 7) is 3.71. The zero-order valence-corrected chi connectivity index (χ0v) is 36.3. The Morgan fingerprint density at radius 1 is 0.614 bits per heavy atom. The second kappa shape index (κ2) is 38.4. The van der Waals surface area contributed by atoms with Crippen molar-refractivity contribution in [1.29, 1.82) is 0 Å². The van der Waals surface area contributed by atoms with Crippen molar-refractivity contribution in [2.75, 3.05) is 13.2 Å². The maximum absolute atomic E-state index is 13.0. The number of carbonyl (C=O) groups is 1. The van der Waals surface area contributed by atoms with Crippen LogP contribution in [-0.4, -0.2) is 87.5 Å². The van der Waals surface area contributed by atoms with Crippen LogP contribution in [0.2, 0.25) is 0 Å². The van der Waals surface area contributed by atoms with Gasteiger partial charge in [0.1, 0.15) is 24.4 Å². The third kappa shape index (κ3) is 29.1. The molecule has 9 nitrogen and oxygen atoms in total. The molecule has 7 atom stereocenters. The summed E-state index contributed by atoms with van der Waals surface area (Å²) in [7, 11) is 0. The van der Waals surface area contributed by atoms with Crippen LogP contribution < -0.4 is 5.32 Å². The predicted octanol–water partition coefficient (Wildman–Crippen LogP) is 9.84. The first-order valence-electron chi connectivity index (χ1n) is 23.3. The maximum Gasteiger partial charge on any atom is 0.220 e. The van der Waals surface area contributed by atoms with E-state index in [0.29, 0.717) is 12.8 Å². The fourth-order valence-corrected chi connectivity index (χ4v) is 7.21. The number of aliphatic hydroxyl groups is 5. The molecule has 332 valence electrons. The number of aliphatic hydroxyl groups excluding tert-OH is 5. The Morgan fingerprint density at radius 3 is 1.61 bits per heavy atom. The van der Waals surface area contributed by atoms with Crippen molar-refractivity contribution in [3.05, 3.63) is 48.6 Å². The monoisotopic (exact) mass is 806 g/mol. The van der Waals surface area contributed by atoms with Gasteiger partial charge in [0, 0.05) is 6.42 Å². The van der Waals surface area contributed by atoms with Gasteiger partial charge in [-0.1, -0.05) is 184 Å². The molecule has 1 rings (SSSR count). The molecule has 9 heteroatoms. The zero-order chi connectivity index (χ0) is 41.6. The fraction of sp³-hybridized carbons (Fsp3) is 0.812. The Labute approximate surface area is 348 Å². The van der Waals surface area contributed by atoms with Crippen molar-refractivity contribution in [1.82, 2.24) is 5.32 Å². The van der Waals surface area contributed by atoms with Crippen molar-refractivity contribution in [2.24, 2.45) is 0 Å². The minimum atomic E-state index is -1.56. The SMILES string of the molecule is CC/C=C\C/C=C\C/C=C\C/C=C\CCCCCCCCC(=O)NC(COC1OC(CO)C(O)C(O)C1O)C(O)CCCCCCCCCCCCCCCCC. The molecule has 1 fully saturated rings. The van der Waals surface area contributed by atoms with Crippen LogP contribution in [0.1, 0.15) is 194 Å². The molecule has 0 aliphatic carbocycles. The van der Waals surface area contributed by atoms with Crippen LogP contribution in [0.4, 0.5) is 0 Å². The van der Waals surface area contributed by atoms with Crippen molar-refractivity contribution >= 4 is 5.91 Å². The molecule has 1 heterocycles. The molecule has 1 aliphatic heterocycles. The molecule has 0 aromatic heterocycles. The molecule has 0 saturated carbocycles. The van der Waals surface area contributed by atoms with Gasteiger partial charge in [0.15, 0.2) is 6.29 Å². The Bertz CT molecular complexity index is 1030. The van der Waals surface area contributed by atoms with Gasteiger partial charge < -0.3 is 40.3 Å². The van der Waals surface area contributed by atoms with Gasteiger partial charge in [-0.3, -0.25) is 4.79 Å². The number of rotatable bonds is 38. The lowest BCUT2D eigenvalue weighted by Gasteiger charge is -2.40. The van der Waals surface area contributed by atoms with Crippen molar-refractivity contribution < 1.29 is 39.8 Å². The van der Waals surface area contributed by atoms with E-state index in [9.17, 15) is 30.3 Å². The van der Waals surface area contributed by atoms with Crippen molar-refractivity contribution in [3.8, 4) is 0 Å². The van der Waals surface area contributed by atoms with E-state index >= 15 is 0 Å². The number of allylic oxidation sites excluding steroid dienone is 8. The average molecular weight is 806 g/mol. The zero-order valence-electron chi connectivity index (χ0n) is 36.3. The molecule has 0 bridgehead atoms. The first-order chi connectivity index (χ1) is 27.8. The number of ether oxygens (including phenoxy) is 2. The lowest BCUT2D eigenvalue weighted by atomic mass is 9.99. The van der Waals surface area contributed by atoms with E-state index < -0.39 is 49.5 Å². The van der Waals surface area contributed by atoms with Crippen LogP contribution in [-0.2, 0) is 14.3 Å². The van der Waals surface area contributed by atoms with Crippen LogP contribution in [0.3, 0.4) is 0 Å². The second-order valence-corrected chi connectivity index (χ2v) is 16.2. The summed E-state index contributed by atoms with van der Waals surface area (Å²) in [4.78, 5) is 13.0. The Hall–Kier alpha value is -1.85. The Morgan fingerprint density at radius 2 is 1.09 bits per heavy atom. The van der Waals surface area contributed by atoms with E-state index in [-0.39, 0.29) is 12.5 Å². The van der Waals surface area contributed by atoms with Crippen molar-refractivity contribution in [3.63, 3.8) is 0 Å². The van der Waals surface area contributed by atoms with E-state index in [4.69, 9.17) is 9.47 Å². The van der Waals surface area contributed by atoms with E-state index in [1.807, 2.05) is 0 Å². The number of hydrogen-bond donors (Lipinski definition) is 6. The molecule has 0 spiro atoms. The minimum Gasteiger partial charge on any atom is -0.394 e. The smallest absolute Gasteiger partial charge is 0.220 e. The van der Waals surface area contributed by atoms with E-state index in [1.54, 1.807) is 0 Å². The fourth-order valence-electron chi connectivity index (χ4n) is 7.21. The quantitative estimate of drug-likeness (QED) is 0.0267. The molecule has 0 aromatic carbocycles. The number of carbonyl (C=O) groups excluding carboxylic acids is 1.